The molecule has 0 aliphatic rings. The van der Waals surface area contributed by atoms with Gasteiger partial charge in [-0.3, -0.25) is 4.79 Å². The Morgan fingerprint density at radius 1 is 1.18 bits per heavy atom. The summed E-state index contributed by atoms with van der Waals surface area (Å²) in [6.45, 7) is 1.99. The fourth-order valence-corrected chi connectivity index (χ4v) is 4.56. The van der Waals surface area contributed by atoms with Crippen LogP contribution in [0, 0.1) is 0 Å². The van der Waals surface area contributed by atoms with Crippen LogP contribution in [0.3, 0.4) is 0 Å². The van der Waals surface area contributed by atoms with E-state index >= 15 is 0 Å². The van der Waals surface area contributed by atoms with Gasteiger partial charge in [-0.05, 0) is 41.6 Å². The minimum Gasteiger partial charge on any atom is -0.336 e. The van der Waals surface area contributed by atoms with Crippen LogP contribution in [0.25, 0.3) is 15.9 Å². The maximum atomic E-state index is 12.7. The van der Waals surface area contributed by atoms with Crippen molar-refractivity contribution in [2.24, 2.45) is 0 Å². The van der Waals surface area contributed by atoms with Crippen molar-refractivity contribution in [2.75, 3.05) is 12.8 Å². The van der Waals surface area contributed by atoms with E-state index in [1.165, 1.54) is 11.8 Å². The van der Waals surface area contributed by atoms with Gasteiger partial charge in [-0.15, -0.1) is 16.4 Å². The predicted molar refractivity (Wildman–Crippen MR) is 111 cm³/mol. The fraction of sp³-hybridized carbons (Fsp3) is 0.211. The zero-order valence-corrected chi connectivity index (χ0v) is 17.0. The average Bonchev–Trinajstić information content (AvgIpc) is 3.38. The second-order valence-corrected chi connectivity index (χ2v) is 8.20. The summed E-state index contributed by atoms with van der Waals surface area (Å²) >= 11 is 2.94. The van der Waals surface area contributed by atoms with E-state index in [4.69, 9.17) is 0 Å². The molecule has 0 spiro atoms. The lowest BCUT2D eigenvalue weighted by Crippen LogP contribution is -2.31. The number of fused-ring (bicyclic) bond motifs is 1. The van der Waals surface area contributed by atoms with E-state index < -0.39 is 0 Å². The second kappa shape index (κ2) is 8.07. The maximum Gasteiger partial charge on any atom is 0.233 e. The number of carbonyl (C=O) groups excluding carboxylic acids is 1. The molecule has 2 heterocycles. The molecule has 0 N–H and O–H groups in total. The Kier molecular flexibility index (Phi) is 5.36. The highest BCUT2D eigenvalue weighted by Crippen LogP contribution is 2.29. The van der Waals surface area contributed by atoms with Crippen LogP contribution in [-0.4, -0.2) is 48.8 Å². The molecule has 0 saturated carbocycles. The zero-order chi connectivity index (χ0) is 19.5. The SMILES string of the molecule is C[C@@H](c1nc2ccccc2s1)N(C)C(=O)CSc1nnnn1-c1ccccc1. The van der Waals surface area contributed by atoms with Crippen LogP contribution >= 0.6 is 23.1 Å². The van der Waals surface area contributed by atoms with Crippen molar-refractivity contribution in [3.8, 4) is 5.69 Å². The van der Waals surface area contributed by atoms with E-state index in [2.05, 4.69) is 20.5 Å². The van der Waals surface area contributed by atoms with Gasteiger partial charge in [0.15, 0.2) is 0 Å². The lowest BCUT2D eigenvalue weighted by atomic mass is 10.3. The molecule has 2 aromatic heterocycles. The van der Waals surface area contributed by atoms with Crippen LogP contribution in [0.2, 0.25) is 0 Å². The number of hydrogen-bond acceptors (Lipinski definition) is 7. The van der Waals surface area contributed by atoms with Crippen LogP contribution in [0.5, 0.6) is 0 Å². The second-order valence-electron chi connectivity index (χ2n) is 6.20. The summed E-state index contributed by atoms with van der Waals surface area (Å²) in [5, 5.41) is 13.3. The third-order valence-corrected chi connectivity index (χ3v) is 6.52. The number of rotatable bonds is 6. The zero-order valence-electron chi connectivity index (χ0n) is 15.4. The van der Waals surface area contributed by atoms with Crippen molar-refractivity contribution in [2.45, 2.75) is 18.1 Å². The van der Waals surface area contributed by atoms with Gasteiger partial charge in [0.25, 0.3) is 0 Å². The van der Waals surface area contributed by atoms with Crippen LogP contribution < -0.4 is 0 Å². The average molecular weight is 411 g/mol. The number of amides is 1. The molecule has 9 heteroatoms. The Morgan fingerprint density at radius 2 is 1.93 bits per heavy atom. The predicted octanol–water partition coefficient (Wildman–Crippen LogP) is 3.58. The molecule has 142 valence electrons. The molecule has 4 rings (SSSR count). The number of carbonyl (C=O) groups is 1. The Morgan fingerprint density at radius 3 is 2.71 bits per heavy atom. The van der Waals surface area contributed by atoms with E-state index in [0.717, 1.165) is 20.9 Å². The van der Waals surface area contributed by atoms with Gasteiger partial charge in [0.2, 0.25) is 11.1 Å². The Hall–Kier alpha value is -2.78. The molecule has 0 aliphatic carbocycles. The van der Waals surface area contributed by atoms with Crippen molar-refractivity contribution in [1.82, 2.24) is 30.1 Å². The minimum absolute atomic E-state index is 0.000585. The van der Waals surface area contributed by atoms with Gasteiger partial charge in [-0.25, -0.2) is 4.98 Å². The molecule has 2 aromatic carbocycles. The van der Waals surface area contributed by atoms with E-state index in [-0.39, 0.29) is 17.7 Å². The van der Waals surface area contributed by atoms with Crippen molar-refractivity contribution >= 4 is 39.2 Å². The van der Waals surface area contributed by atoms with Gasteiger partial charge < -0.3 is 4.90 Å². The van der Waals surface area contributed by atoms with Crippen LogP contribution in [0.1, 0.15) is 18.0 Å². The molecule has 1 atom stereocenters. The summed E-state index contributed by atoms with van der Waals surface area (Å²) < 4.78 is 2.76. The van der Waals surface area contributed by atoms with Crippen molar-refractivity contribution in [3.05, 3.63) is 59.6 Å². The summed E-state index contributed by atoms with van der Waals surface area (Å²) in [6, 6.07) is 17.5. The van der Waals surface area contributed by atoms with E-state index in [9.17, 15) is 4.79 Å². The number of benzene rings is 2. The molecule has 0 radical (unpaired) electrons. The largest absolute Gasteiger partial charge is 0.336 e. The van der Waals surface area contributed by atoms with Crippen LogP contribution in [-0.2, 0) is 4.79 Å². The summed E-state index contributed by atoms with van der Waals surface area (Å²) in [4.78, 5) is 19.1. The van der Waals surface area contributed by atoms with Gasteiger partial charge >= 0.3 is 0 Å². The summed E-state index contributed by atoms with van der Waals surface area (Å²) in [7, 11) is 1.81. The van der Waals surface area contributed by atoms with Gasteiger partial charge in [0, 0.05) is 7.05 Å². The third-order valence-electron chi connectivity index (χ3n) is 4.41. The monoisotopic (exact) mass is 410 g/mol. The quantitative estimate of drug-likeness (QED) is 0.452. The summed E-state index contributed by atoms with van der Waals surface area (Å²) in [5.41, 5.74) is 1.82. The highest BCUT2D eigenvalue weighted by molar-refractivity contribution is 7.99. The Balaban J connectivity index is 1.43. The lowest BCUT2D eigenvalue weighted by Gasteiger charge is -2.23. The molecule has 0 aliphatic heterocycles. The molecular formula is C19H18N6OS2. The topological polar surface area (TPSA) is 76.8 Å². The van der Waals surface area contributed by atoms with Crippen molar-refractivity contribution in [1.29, 1.82) is 0 Å². The Labute approximate surface area is 170 Å². The van der Waals surface area contributed by atoms with Gasteiger partial charge in [0.05, 0.1) is 27.7 Å². The van der Waals surface area contributed by atoms with Crippen LogP contribution in [0.15, 0.2) is 59.8 Å². The first-order valence-corrected chi connectivity index (χ1v) is 10.5. The lowest BCUT2D eigenvalue weighted by molar-refractivity contribution is -0.128. The van der Waals surface area contributed by atoms with Gasteiger partial charge in [-0.1, -0.05) is 42.1 Å². The molecule has 4 aromatic rings. The summed E-state index contributed by atoms with van der Waals surface area (Å²) in [5.74, 6) is 0.248. The molecule has 1 amide bonds. The number of thioether (sulfide) groups is 1. The molecule has 0 unspecified atom stereocenters. The molecule has 0 bridgehead atoms. The Bertz CT molecular complexity index is 1060. The van der Waals surface area contributed by atoms with Gasteiger partial charge in [-0.2, -0.15) is 4.68 Å². The maximum absolute atomic E-state index is 12.7. The van der Waals surface area contributed by atoms with Crippen molar-refractivity contribution in [3.63, 3.8) is 0 Å². The minimum atomic E-state index is -0.101. The smallest absolute Gasteiger partial charge is 0.233 e. The van der Waals surface area contributed by atoms with E-state index in [1.807, 2.05) is 61.5 Å². The van der Waals surface area contributed by atoms with Gasteiger partial charge in [0.1, 0.15) is 5.01 Å². The number of tetrazole rings is 1. The normalized spacial score (nSPS) is 12.2. The van der Waals surface area contributed by atoms with Crippen LogP contribution in [0.4, 0.5) is 0 Å². The molecule has 7 nitrogen and oxygen atoms in total. The number of hydrogen-bond donors (Lipinski definition) is 0. The molecule has 28 heavy (non-hydrogen) atoms. The number of para-hydroxylation sites is 2. The summed E-state index contributed by atoms with van der Waals surface area (Å²) in [6.07, 6.45) is 0. The third kappa shape index (κ3) is 3.76. The first kappa shape index (κ1) is 18.6. The number of aromatic nitrogens is 5. The molecular weight excluding hydrogens is 392 g/mol. The van der Waals surface area contributed by atoms with E-state index in [0.29, 0.717) is 5.16 Å². The number of thiazole rings is 1. The van der Waals surface area contributed by atoms with Crippen molar-refractivity contribution < 1.29 is 4.79 Å². The highest BCUT2D eigenvalue weighted by Gasteiger charge is 2.21. The fourth-order valence-electron chi connectivity index (χ4n) is 2.68. The first-order valence-electron chi connectivity index (χ1n) is 8.71. The van der Waals surface area contributed by atoms with E-state index in [1.54, 1.807) is 28.0 Å². The first-order chi connectivity index (χ1) is 13.6. The molecule has 0 saturated heterocycles. The standard InChI is InChI=1S/C19H18N6OS2/c1-13(18-20-15-10-6-7-11-16(15)28-18)24(2)17(26)12-27-19-21-22-23-25(19)14-8-4-3-5-9-14/h3-11,13H,12H2,1-2H3/t13-/m0/s1. The number of nitrogens with zero attached hydrogens (tertiary/aromatic N) is 6. The molecule has 0 fully saturated rings. The highest BCUT2D eigenvalue weighted by atomic mass is 32.2.